The summed E-state index contributed by atoms with van der Waals surface area (Å²) < 4.78 is 0. The predicted molar refractivity (Wildman–Crippen MR) is 97.9 cm³/mol. The van der Waals surface area contributed by atoms with Crippen LogP contribution >= 0.6 is 23.2 Å². The van der Waals surface area contributed by atoms with E-state index in [0.29, 0.717) is 16.4 Å². The van der Waals surface area contributed by atoms with Gasteiger partial charge >= 0.3 is 11.8 Å². The molecule has 25 heavy (non-hydrogen) atoms. The van der Waals surface area contributed by atoms with Crippen molar-refractivity contribution in [1.29, 1.82) is 0 Å². The minimum atomic E-state index is -0.939. The van der Waals surface area contributed by atoms with Crippen molar-refractivity contribution < 1.29 is 14.4 Å². The molecule has 0 spiro atoms. The molecule has 130 valence electrons. The maximum Gasteiger partial charge on any atom is 0.313 e. The molecule has 0 radical (unpaired) electrons. The van der Waals surface area contributed by atoms with Gasteiger partial charge in [0.1, 0.15) is 0 Å². The number of nitrogens with one attached hydrogen (secondary N) is 3. The Hall–Kier alpha value is -2.57. The summed E-state index contributed by atoms with van der Waals surface area (Å²) in [5, 5.41) is 7.84. The van der Waals surface area contributed by atoms with E-state index in [1.54, 1.807) is 12.1 Å². The van der Waals surface area contributed by atoms with E-state index in [9.17, 15) is 14.4 Å². The van der Waals surface area contributed by atoms with Gasteiger partial charge in [0.2, 0.25) is 5.91 Å². The van der Waals surface area contributed by atoms with Crippen LogP contribution in [0.3, 0.4) is 0 Å². The molecule has 0 aliphatic heterocycles. The molecule has 0 atom stereocenters. The van der Waals surface area contributed by atoms with Crippen LogP contribution < -0.4 is 16.0 Å². The van der Waals surface area contributed by atoms with Gasteiger partial charge in [-0.15, -0.1) is 0 Å². The smallest absolute Gasteiger partial charge is 0.313 e. The lowest BCUT2D eigenvalue weighted by Crippen LogP contribution is -2.39. The molecule has 0 heterocycles. The molecule has 0 bridgehead atoms. The first kappa shape index (κ1) is 18.8. The molecular formula is C17H15Cl2N3O3. The van der Waals surface area contributed by atoms with Gasteiger partial charge in [-0.1, -0.05) is 41.4 Å². The van der Waals surface area contributed by atoms with Gasteiger partial charge in [-0.25, -0.2) is 0 Å². The molecule has 8 heteroatoms. The van der Waals surface area contributed by atoms with E-state index in [-0.39, 0.29) is 11.6 Å². The standard InChI is InChI=1S/C17H15Cl2N3O3/c1-10-4-2-3-5-14(10)22-15(23)9-20-16(24)17(25)21-11-6-7-12(18)13(19)8-11/h2-8H,9H2,1H3,(H,20,24)(H,21,25)(H,22,23). The molecular weight excluding hydrogens is 365 g/mol. The van der Waals surface area contributed by atoms with E-state index in [1.165, 1.54) is 18.2 Å². The lowest BCUT2D eigenvalue weighted by Gasteiger charge is -2.09. The molecule has 0 saturated carbocycles. The molecule has 2 aromatic rings. The summed E-state index contributed by atoms with van der Waals surface area (Å²) in [6.45, 7) is 1.51. The molecule has 2 aromatic carbocycles. The maximum absolute atomic E-state index is 11.8. The van der Waals surface area contributed by atoms with Crippen molar-refractivity contribution in [3.05, 3.63) is 58.1 Å². The lowest BCUT2D eigenvalue weighted by molar-refractivity contribution is -0.136. The highest BCUT2D eigenvalue weighted by Crippen LogP contribution is 2.24. The Morgan fingerprint density at radius 1 is 0.920 bits per heavy atom. The highest BCUT2D eigenvalue weighted by atomic mass is 35.5. The maximum atomic E-state index is 11.8. The third-order valence-electron chi connectivity index (χ3n) is 3.21. The van der Waals surface area contributed by atoms with Gasteiger partial charge in [0.25, 0.3) is 0 Å². The van der Waals surface area contributed by atoms with Gasteiger partial charge in [0.05, 0.1) is 16.6 Å². The summed E-state index contributed by atoms with van der Waals surface area (Å²) in [5.74, 6) is -2.29. The van der Waals surface area contributed by atoms with Crippen LogP contribution in [0.25, 0.3) is 0 Å². The lowest BCUT2D eigenvalue weighted by atomic mass is 10.2. The monoisotopic (exact) mass is 379 g/mol. The van der Waals surface area contributed by atoms with Crippen LogP contribution in [0.2, 0.25) is 10.0 Å². The van der Waals surface area contributed by atoms with Gasteiger partial charge in [-0.05, 0) is 36.8 Å². The largest absolute Gasteiger partial charge is 0.339 e. The fourth-order valence-corrected chi connectivity index (χ4v) is 2.21. The van der Waals surface area contributed by atoms with E-state index >= 15 is 0 Å². The van der Waals surface area contributed by atoms with E-state index in [0.717, 1.165) is 5.56 Å². The van der Waals surface area contributed by atoms with Crippen molar-refractivity contribution >= 4 is 52.3 Å². The van der Waals surface area contributed by atoms with Crippen molar-refractivity contribution in [3.63, 3.8) is 0 Å². The van der Waals surface area contributed by atoms with Crippen molar-refractivity contribution in [3.8, 4) is 0 Å². The summed E-state index contributed by atoms with van der Waals surface area (Å²) in [5.41, 5.74) is 1.85. The first-order valence-corrected chi connectivity index (χ1v) is 8.02. The summed E-state index contributed by atoms with van der Waals surface area (Å²) in [4.78, 5) is 35.4. The predicted octanol–water partition coefficient (Wildman–Crippen LogP) is 3.00. The Morgan fingerprint density at radius 3 is 2.32 bits per heavy atom. The Balaban J connectivity index is 1.84. The van der Waals surface area contributed by atoms with Gasteiger partial charge < -0.3 is 16.0 Å². The van der Waals surface area contributed by atoms with E-state index in [2.05, 4.69) is 16.0 Å². The van der Waals surface area contributed by atoms with Crippen LogP contribution in [0.1, 0.15) is 5.56 Å². The zero-order valence-corrected chi connectivity index (χ0v) is 14.7. The molecule has 0 unspecified atom stereocenters. The van der Waals surface area contributed by atoms with E-state index in [1.807, 2.05) is 19.1 Å². The van der Waals surface area contributed by atoms with E-state index in [4.69, 9.17) is 23.2 Å². The normalized spacial score (nSPS) is 10.0. The minimum absolute atomic E-state index is 0.248. The zero-order valence-electron chi connectivity index (χ0n) is 13.2. The second-order valence-electron chi connectivity index (χ2n) is 5.13. The number of aryl methyl sites for hydroxylation is 1. The molecule has 3 amide bonds. The molecule has 3 N–H and O–H groups in total. The molecule has 0 aliphatic rings. The number of hydrogen-bond donors (Lipinski definition) is 3. The molecule has 0 aliphatic carbocycles. The fraction of sp³-hybridized carbons (Fsp3) is 0.118. The summed E-state index contributed by atoms with van der Waals surface area (Å²) in [6, 6.07) is 11.6. The van der Waals surface area contributed by atoms with Gasteiger partial charge in [0, 0.05) is 11.4 Å². The second kappa shape index (κ2) is 8.50. The third kappa shape index (κ3) is 5.48. The Bertz CT molecular complexity index is 825. The number of para-hydroxylation sites is 1. The third-order valence-corrected chi connectivity index (χ3v) is 3.95. The Labute approximate surface area is 154 Å². The Kier molecular flexibility index (Phi) is 6.38. The number of amides is 3. The summed E-state index contributed by atoms with van der Waals surface area (Å²) in [7, 11) is 0. The number of carbonyl (C=O) groups excluding carboxylic acids is 3. The average Bonchev–Trinajstić information content (AvgIpc) is 2.58. The molecule has 2 rings (SSSR count). The zero-order chi connectivity index (χ0) is 18.4. The topological polar surface area (TPSA) is 87.3 Å². The van der Waals surface area contributed by atoms with Crippen LogP contribution in [0.15, 0.2) is 42.5 Å². The molecule has 0 aromatic heterocycles. The van der Waals surface area contributed by atoms with Crippen molar-refractivity contribution in [2.45, 2.75) is 6.92 Å². The average molecular weight is 380 g/mol. The number of rotatable bonds is 4. The van der Waals surface area contributed by atoms with Crippen molar-refractivity contribution in [1.82, 2.24) is 5.32 Å². The van der Waals surface area contributed by atoms with Gasteiger partial charge in [-0.3, -0.25) is 14.4 Å². The summed E-state index contributed by atoms with van der Waals surface area (Å²) in [6.07, 6.45) is 0. The number of benzene rings is 2. The number of anilines is 2. The quantitative estimate of drug-likeness (QED) is 0.713. The van der Waals surface area contributed by atoms with Crippen molar-refractivity contribution in [2.75, 3.05) is 17.2 Å². The second-order valence-corrected chi connectivity index (χ2v) is 5.94. The van der Waals surface area contributed by atoms with Gasteiger partial charge in [0.15, 0.2) is 0 Å². The first-order chi connectivity index (χ1) is 11.9. The molecule has 6 nitrogen and oxygen atoms in total. The highest BCUT2D eigenvalue weighted by molar-refractivity contribution is 6.43. The van der Waals surface area contributed by atoms with Crippen molar-refractivity contribution in [2.24, 2.45) is 0 Å². The van der Waals surface area contributed by atoms with Gasteiger partial charge in [-0.2, -0.15) is 0 Å². The van der Waals surface area contributed by atoms with Crippen LogP contribution in [-0.4, -0.2) is 24.3 Å². The number of carbonyl (C=O) groups is 3. The first-order valence-electron chi connectivity index (χ1n) is 7.26. The summed E-state index contributed by atoms with van der Waals surface area (Å²) >= 11 is 11.6. The minimum Gasteiger partial charge on any atom is -0.339 e. The van der Waals surface area contributed by atoms with E-state index < -0.39 is 17.7 Å². The SMILES string of the molecule is Cc1ccccc1NC(=O)CNC(=O)C(=O)Nc1ccc(Cl)c(Cl)c1. The molecule has 0 saturated heterocycles. The van der Waals surface area contributed by atoms with Crippen LogP contribution in [0.5, 0.6) is 0 Å². The van der Waals surface area contributed by atoms with Crippen LogP contribution in [0, 0.1) is 6.92 Å². The number of hydrogen-bond acceptors (Lipinski definition) is 3. The Morgan fingerprint density at radius 2 is 1.64 bits per heavy atom. The highest BCUT2D eigenvalue weighted by Gasteiger charge is 2.15. The number of halogens is 2. The van der Waals surface area contributed by atoms with Crippen LogP contribution in [-0.2, 0) is 14.4 Å². The van der Waals surface area contributed by atoms with Crippen LogP contribution in [0.4, 0.5) is 11.4 Å². The molecule has 0 fully saturated rings. The fourth-order valence-electron chi connectivity index (χ4n) is 1.91.